The average Bonchev–Trinajstić information content (AvgIpc) is 2.69. The monoisotopic (exact) mass is 490 g/mol. The summed E-state index contributed by atoms with van der Waals surface area (Å²) in [4.78, 5) is 2.47. The molecule has 0 aliphatic carbocycles. The molecule has 0 saturated carbocycles. The maximum Gasteiger partial charge on any atom is 0.134 e. The van der Waals surface area contributed by atoms with Crippen LogP contribution in [0.3, 0.4) is 0 Å². The molecule has 1 saturated heterocycles. The highest BCUT2D eigenvalue weighted by Crippen LogP contribution is 2.26. The number of ether oxygens (including phenoxy) is 2. The fraction of sp³-hybridized carbons (Fsp3) is 0.429. The number of halogens is 3. The average molecular weight is 492 g/mol. The first-order chi connectivity index (χ1) is 12.8. The van der Waals surface area contributed by atoms with Crippen molar-refractivity contribution in [3.8, 4) is 5.75 Å². The van der Waals surface area contributed by atoms with Crippen LogP contribution in [-0.2, 0) is 17.9 Å². The van der Waals surface area contributed by atoms with Crippen LogP contribution in [0.4, 0.5) is 0 Å². The second-order valence-electron chi connectivity index (χ2n) is 6.52. The molecule has 0 spiro atoms. The molecule has 0 unspecified atom stereocenters. The lowest BCUT2D eigenvalue weighted by molar-refractivity contribution is 0.0374. The van der Waals surface area contributed by atoms with Crippen LogP contribution >= 0.6 is 40.7 Å². The van der Waals surface area contributed by atoms with E-state index in [4.69, 9.17) is 9.47 Å². The Labute approximate surface area is 188 Å². The number of nitrogens with one attached hydrogen (secondary N) is 1. The third kappa shape index (κ3) is 8.68. The van der Waals surface area contributed by atoms with Gasteiger partial charge in [-0.05, 0) is 58.7 Å². The van der Waals surface area contributed by atoms with Gasteiger partial charge in [0.1, 0.15) is 12.4 Å². The second-order valence-corrected chi connectivity index (χ2v) is 7.38. The molecule has 1 fully saturated rings. The zero-order valence-electron chi connectivity index (χ0n) is 15.9. The molecule has 0 radical (unpaired) electrons. The third-order valence-electron chi connectivity index (χ3n) is 4.49. The first-order valence-electron chi connectivity index (χ1n) is 9.27. The molecule has 28 heavy (non-hydrogen) atoms. The van der Waals surface area contributed by atoms with Crippen LogP contribution < -0.4 is 10.1 Å². The Morgan fingerprint density at radius 2 is 1.75 bits per heavy atom. The van der Waals surface area contributed by atoms with Crippen molar-refractivity contribution >= 4 is 40.7 Å². The summed E-state index contributed by atoms with van der Waals surface area (Å²) in [6.45, 7) is 7.52. The Morgan fingerprint density at radius 3 is 2.46 bits per heavy atom. The predicted molar refractivity (Wildman–Crippen MR) is 123 cm³/mol. The Balaban J connectivity index is 0.00000196. The standard InChI is InChI=1S/C21H27BrN2O2.2ClH/c22-20-15-19(16-23-9-4-10-24-11-13-25-14-12-24)7-8-21(20)26-17-18-5-2-1-3-6-18;;/h1-3,5-8,15,23H,4,9-14,16-17H2;2*1H. The van der Waals surface area contributed by atoms with Crippen molar-refractivity contribution in [1.82, 2.24) is 10.2 Å². The third-order valence-corrected chi connectivity index (χ3v) is 5.11. The van der Waals surface area contributed by atoms with Crippen molar-refractivity contribution in [2.24, 2.45) is 0 Å². The van der Waals surface area contributed by atoms with Crippen molar-refractivity contribution in [1.29, 1.82) is 0 Å². The molecule has 1 aliphatic heterocycles. The Kier molecular flexibility index (Phi) is 12.8. The maximum absolute atomic E-state index is 5.91. The fourth-order valence-corrected chi connectivity index (χ4v) is 3.53. The molecule has 4 nitrogen and oxygen atoms in total. The highest BCUT2D eigenvalue weighted by molar-refractivity contribution is 9.10. The minimum atomic E-state index is 0. The van der Waals surface area contributed by atoms with Gasteiger partial charge in [0.25, 0.3) is 0 Å². The lowest BCUT2D eigenvalue weighted by Gasteiger charge is -2.26. The number of nitrogens with zero attached hydrogens (tertiary/aromatic N) is 1. The summed E-state index contributed by atoms with van der Waals surface area (Å²) in [5.41, 5.74) is 2.43. The molecular formula is C21H29BrCl2N2O2. The van der Waals surface area contributed by atoms with Gasteiger partial charge in [-0.2, -0.15) is 0 Å². The summed E-state index contributed by atoms with van der Waals surface area (Å²) >= 11 is 3.62. The number of hydrogen-bond acceptors (Lipinski definition) is 4. The van der Waals surface area contributed by atoms with Gasteiger partial charge in [0.05, 0.1) is 17.7 Å². The lowest BCUT2D eigenvalue weighted by Crippen LogP contribution is -2.37. The van der Waals surface area contributed by atoms with Crippen LogP contribution in [-0.4, -0.2) is 44.3 Å². The van der Waals surface area contributed by atoms with Crippen LogP contribution in [0.15, 0.2) is 53.0 Å². The highest BCUT2D eigenvalue weighted by Gasteiger charge is 2.09. The van der Waals surface area contributed by atoms with Crippen LogP contribution in [0.2, 0.25) is 0 Å². The summed E-state index contributed by atoms with van der Waals surface area (Å²) in [7, 11) is 0. The summed E-state index contributed by atoms with van der Waals surface area (Å²) < 4.78 is 12.3. The van der Waals surface area contributed by atoms with Gasteiger partial charge in [0.15, 0.2) is 0 Å². The van der Waals surface area contributed by atoms with E-state index in [1.807, 2.05) is 24.3 Å². The van der Waals surface area contributed by atoms with Crippen LogP contribution in [0.25, 0.3) is 0 Å². The summed E-state index contributed by atoms with van der Waals surface area (Å²) in [5.74, 6) is 0.880. The molecule has 0 bridgehead atoms. The largest absolute Gasteiger partial charge is 0.488 e. The van der Waals surface area contributed by atoms with E-state index >= 15 is 0 Å². The predicted octanol–water partition coefficient (Wildman–Crippen LogP) is 4.68. The number of benzene rings is 2. The second kappa shape index (κ2) is 14.2. The minimum Gasteiger partial charge on any atom is -0.488 e. The van der Waals surface area contributed by atoms with E-state index in [1.165, 1.54) is 17.5 Å². The van der Waals surface area contributed by atoms with E-state index in [2.05, 4.69) is 50.4 Å². The van der Waals surface area contributed by atoms with Gasteiger partial charge in [-0.15, -0.1) is 24.8 Å². The molecule has 2 aromatic rings. The van der Waals surface area contributed by atoms with E-state index in [-0.39, 0.29) is 24.8 Å². The minimum absolute atomic E-state index is 0. The van der Waals surface area contributed by atoms with Gasteiger partial charge in [-0.3, -0.25) is 4.90 Å². The molecule has 1 heterocycles. The Hall–Kier alpha value is -0.820. The molecule has 0 atom stereocenters. The highest BCUT2D eigenvalue weighted by atomic mass is 79.9. The fourth-order valence-electron chi connectivity index (χ4n) is 2.99. The maximum atomic E-state index is 5.91. The van der Waals surface area contributed by atoms with Crippen LogP contribution in [0.5, 0.6) is 5.75 Å². The smallest absolute Gasteiger partial charge is 0.134 e. The number of rotatable bonds is 9. The number of morpholine rings is 1. The van der Waals surface area contributed by atoms with E-state index in [1.54, 1.807) is 0 Å². The molecule has 0 amide bonds. The van der Waals surface area contributed by atoms with E-state index in [0.717, 1.165) is 56.2 Å². The van der Waals surface area contributed by atoms with E-state index in [9.17, 15) is 0 Å². The van der Waals surface area contributed by atoms with Crippen LogP contribution in [0, 0.1) is 0 Å². The molecule has 156 valence electrons. The van der Waals surface area contributed by atoms with Crippen molar-refractivity contribution in [2.75, 3.05) is 39.4 Å². The summed E-state index contributed by atoms with van der Waals surface area (Å²) in [6.07, 6.45) is 1.17. The van der Waals surface area contributed by atoms with Crippen molar-refractivity contribution in [3.63, 3.8) is 0 Å². The van der Waals surface area contributed by atoms with Gasteiger partial charge in [0, 0.05) is 19.6 Å². The topological polar surface area (TPSA) is 33.7 Å². The zero-order chi connectivity index (χ0) is 18.0. The molecule has 1 N–H and O–H groups in total. The lowest BCUT2D eigenvalue weighted by atomic mass is 10.2. The Bertz CT molecular complexity index is 671. The van der Waals surface area contributed by atoms with Crippen molar-refractivity contribution in [3.05, 3.63) is 64.1 Å². The Morgan fingerprint density at radius 1 is 1.00 bits per heavy atom. The van der Waals surface area contributed by atoms with E-state index < -0.39 is 0 Å². The first kappa shape index (κ1) is 25.2. The molecule has 7 heteroatoms. The summed E-state index contributed by atoms with van der Waals surface area (Å²) in [5, 5.41) is 3.53. The quantitative estimate of drug-likeness (QED) is 0.516. The number of hydrogen-bond donors (Lipinski definition) is 1. The van der Waals surface area contributed by atoms with Crippen molar-refractivity contribution < 1.29 is 9.47 Å². The van der Waals surface area contributed by atoms with Crippen LogP contribution in [0.1, 0.15) is 17.5 Å². The van der Waals surface area contributed by atoms with Gasteiger partial charge in [0.2, 0.25) is 0 Å². The van der Waals surface area contributed by atoms with Gasteiger partial charge >= 0.3 is 0 Å². The SMILES string of the molecule is Brc1cc(CNCCCN2CCOCC2)ccc1OCc1ccccc1.Cl.Cl. The normalized spacial score (nSPS) is 14.0. The first-order valence-corrected chi connectivity index (χ1v) is 10.1. The van der Waals surface area contributed by atoms with Gasteiger partial charge in [-0.25, -0.2) is 0 Å². The van der Waals surface area contributed by atoms with E-state index in [0.29, 0.717) is 6.61 Å². The zero-order valence-corrected chi connectivity index (χ0v) is 19.2. The van der Waals surface area contributed by atoms with Crippen molar-refractivity contribution in [2.45, 2.75) is 19.6 Å². The molecule has 0 aromatic heterocycles. The summed E-state index contributed by atoms with van der Waals surface area (Å²) in [6, 6.07) is 16.5. The molecule has 3 rings (SSSR count). The van der Waals surface area contributed by atoms with Gasteiger partial charge < -0.3 is 14.8 Å². The molecule has 2 aromatic carbocycles. The molecular weight excluding hydrogens is 463 g/mol. The van der Waals surface area contributed by atoms with Gasteiger partial charge in [-0.1, -0.05) is 36.4 Å². The molecule has 1 aliphatic rings.